The number of hydrogen-bond acceptors (Lipinski definition) is 2. The number of benzene rings is 1. The molecular weight excluding hydrogens is 325 g/mol. The highest BCUT2D eigenvalue weighted by Gasteiger charge is 2.35. The minimum absolute atomic E-state index is 0.287. The van der Waals surface area contributed by atoms with Gasteiger partial charge in [-0.3, -0.25) is 4.79 Å². The van der Waals surface area contributed by atoms with Crippen LogP contribution in [0.2, 0.25) is 0 Å². The number of alkyl halides is 3. The number of carbonyl (C=O) groups excluding carboxylic acids is 1. The van der Waals surface area contributed by atoms with Crippen LogP contribution < -0.4 is 5.32 Å². The first-order valence-corrected chi connectivity index (χ1v) is 6.31. The van der Waals surface area contributed by atoms with Gasteiger partial charge in [-0.05, 0) is 32.3 Å². The number of halogens is 4. The lowest BCUT2D eigenvalue weighted by atomic mass is 10.1. The van der Waals surface area contributed by atoms with Crippen LogP contribution >= 0.6 is 15.9 Å². The molecule has 0 saturated carbocycles. The maximum absolute atomic E-state index is 12.8. The quantitative estimate of drug-likeness (QED) is 0.915. The molecule has 0 heterocycles. The summed E-state index contributed by atoms with van der Waals surface area (Å²) in [7, 11) is 3.62. The van der Waals surface area contributed by atoms with E-state index in [1.807, 2.05) is 19.0 Å². The molecule has 0 bridgehead atoms. The van der Waals surface area contributed by atoms with Gasteiger partial charge in [0.15, 0.2) is 0 Å². The molecule has 0 radical (unpaired) electrons. The summed E-state index contributed by atoms with van der Waals surface area (Å²) in [5.74, 6) is -0.726. The zero-order valence-corrected chi connectivity index (χ0v) is 12.1. The molecule has 1 aromatic carbocycles. The Kier molecular flexibility index (Phi) is 5.37. The van der Waals surface area contributed by atoms with Gasteiger partial charge < -0.3 is 10.2 Å². The number of rotatable bonds is 4. The zero-order valence-electron chi connectivity index (χ0n) is 10.5. The van der Waals surface area contributed by atoms with E-state index >= 15 is 0 Å². The normalized spacial score (nSPS) is 11.7. The van der Waals surface area contributed by atoms with Crippen molar-refractivity contribution >= 4 is 21.8 Å². The first kappa shape index (κ1) is 16.0. The van der Waals surface area contributed by atoms with Crippen LogP contribution in [0, 0.1) is 0 Å². The van der Waals surface area contributed by atoms with Crippen LogP contribution in [0.25, 0.3) is 0 Å². The Labute approximate surface area is 117 Å². The summed E-state index contributed by atoms with van der Waals surface area (Å²) in [5, 5.41) is 2.47. The van der Waals surface area contributed by atoms with Crippen LogP contribution in [0.1, 0.15) is 15.9 Å². The minimum Gasteiger partial charge on any atom is -0.351 e. The summed E-state index contributed by atoms with van der Waals surface area (Å²) >= 11 is 3.07. The van der Waals surface area contributed by atoms with E-state index in [0.29, 0.717) is 11.0 Å². The first-order valence-electron chi connectivity index (χ1n) is 5.51. The predicted molar refractivity (Wildman–Crippen MR) is 70.0 cm³/mol. The van der Waals surface area contributed by atoms with E-state index in [4.69, 9.17) is 0 Å². The molecule has 1 amide bonds. The van der Waals surface area contributed by atoms with Crippen molar-refractivity contribution in [3.05, 3.63) is 33.8 Å². The molecule has 0 aliphatic carbocycles. The second kappa shape index (κ2) is 6.38. The van der Waals surface area contributed by atoms with Crippen LogP contribution in [-0.4, -0.2) is 38.0 Å². The van der Waals surface area contributed by atoms with E-state index in [2.05, 4.69) is 21.2 Å². The third-order valence-electron chi connectivity index (χ3n) is 2.38. The van der Waals surface area contributed by atoms with Crippen LogP contribution in [0.5, 0.6) is 0 Å². The van der Waals surface area contributed by atoms with Crippen LogP contribution in [0.4, 0.5) is 13.2 Å². The van der Waals surface area contributed by atoms with Gasteiger partial charge in [0.1, 0.15) is 0 Å². The molecule has 0 aliphatic heterocycles. The summed E-state index contributed by atoms with van der Waals surface area (Å²) in [4.78, 5) is 13.6. The van der Waals surface area contributed by atoms with Crippen LogP contribution in [0.3, 0.4) is 0 Å². The maximum atomic E-state index is 12.8. The lowest BCUT2D eigenvalue weighted by Gasteiger charge is -2.14. The highest BCUT2D eigenvalue weighted by Crippen LogP contribution is 2.33. The molecule has 106 valence electrons. The average Bonchev–Trinajstić information content (AvgIpc) is 2.26. The summed E-state index contributed by atoms with van der Waals surface area (Å²) in [5.41, 5.74) is -1.31. The van der Waals surface area contributed by atoms with Gasteiger partial charge in [-0.15, -0.1) is 0 Å². The van der Waals surface area contributed by atoms with Crippen molar-refractivity contribution in [3.63, 3.8) is 0 Å². The zero-order chi connectivity index (χ0) is 14.6. The number of amides is 1. The molecule has 1 N–H and O–H groups in total. The van der Waals surface area contributed by atoms with E-state index in [0.717, 1.165) is 6.07 Å². The topological polar surface area (TPSA) is 32.3 Å². The Morgan fingerprint density at radius 3 is 2.53 bits per heavy atom. The maximum Gasteiger partial charge on any atom is 0.417 e. The molecule has 0 spiro atoms. The Bertz CT molecular complexity index is 461. The highest BCUT2D eigenvalue weighted by molar-refractivity contribution is 9.10. The van der Waals surface area contributed by atoms with Crippen molar-refractivity contribution < 1.29 is 18.0 Å². The molecule has 19 heavy (non-hydrogen) atoms. The molecule has 7 heteroatoms. The smallest absolute Gasteiger partial charge is 0.351 e. The third-order valence-corrected chi connectivity index (χ3v) is 2.87. The molecule has 1 aromatic rings. The molecule has 1 rings (SSSR count). The van der Waals surface area contributed by atoms with Gasteiger partial charge >= 0.3 is 6.18 Å². The minimum atomic E-state index is -4.55. The van der Waals surface area contributed by atoms with E-state index < -0.39 is 17.6 Å². The second-order valence-corrected chi connectivity index (χ2v) is 5.16. The molecule has 0 fully saturated rings. The van der Waals surface area contributed by atoms with Crippen molar-refractivity contribution in [2.45, 2.75) is 6.18 Å². The molecule has 0 aliphatic rings. The Morgan fingerprint density at radius 2 is 2.00 bits per heavy atom. The molecule has 0 saturated heterocycles. The number of carbonyl (C=O) groups is 1. The van der Waals surface area contributed by atoms with Crippen molar-refractivity contribution in [3.8, 4) is 0 Å². The van der Waals surface area contributed by atoms with Gasteiger partial charge in [-0.25, -0.2) is 0 Å². The number of nitrogens with one attached hydrogen (secondary N) is 1. The van der Waals surface area contributed by atoms with Gasteiger partial charge in [0.05, 0.1) is 11.1 Å². The fourth-order valence-corrected chi connectivity index (χ4v) is 1.80. The Morgan fingerprint density at radius 1 is 1.37 bits per heavy atom. The molecule has 3 nitrogen and oxygen atoms in total. The third kappa shape index (κ3) is 4.83. The highest BCUT2D eigenvalue weighted by atomic mass is 79.9. The van der Waals surface area contributed by atoms with Gasteiger partial charge in [0.2, 0.25) is 0 Å². The van der Waals surface area contributed by atoms with Gasteiger partial charge in [0.25, 0.3) is 5.91 Å². The Hall–Kier alpha value is -1.08. The van der Waals surface area contributed by atoms with Crippen molar-refractivity contribution in [1.82, 2.24) is 10.2 Å². The van der Waals surface area contributed by atoms with Gasteiger partial charge in [0, 0.05) is 17.6 Å². The molecular formula is C12H14BrF3N2O. The van der Waals surface area contributed by atoms with E-state index in [1.165, 1.54) is 12.1 Å². The standard InChI is InChI=1S/C12H14BrF3N2O/c1-18(2)6-5-17-11(19)9-7-8(13)3-4-10(9)12(14,15)16/h3-4,7H,5-6H2,1-2H3,(H,17,19). The van der Waals surface area contributed by atoms with Crippen molar-refractivity contribution in [1.29, 1.82) is 0 Å². The van der Waals surface area contributed by atoms with Crippen molar-refractivity contribution in [2.24, 2.45) is 0 Å². The van der Waals surface area contributed by atoms with E-state index in [1.54, 1.807) is 0 Å². The number of hydrogen-bond donors (Lipinski definition) is 1. The molecule has 0 atom stereocenters. The fraction of sp³-hybridized carbons (Fsp3) is 0.417. The second-order valence-electron chi connectivity index (χ2n) is 4.25. The van der Waals surface area contributed by atoms with Crippen LogP contribution in [0.15, 0.2) is 22.7 Å². The van der Waals surface area contributed by atoms with Gasteiger partial charge in [-0.1, -0.05) is 15.9 Å². The fourth-order valence-electron chi connectivity index (χ4n) is 1.44. The monoisotopic (exact) mass is 338 g/mol. The first-order chi connectivity index (χ1) is 8.71. The Balaban J connectivity index is 2.92. The van der Waals surface area contributed by atoms with Crippen LogP contribution in [-0.2, 0) is 6.18 Å². The lowest BCUT2D eigenvalue weighted by Crippen LogP contribution is -2.32. The van der Waals surface area contributed by atoms with E-state index in [9.17, 15) is 18.0 Å². The summed E-state index contributed by atoms with van der Waals surface area (Å²) in [6.07, 6.45) is -4.55. The summed E-state index contributed by atoms with van der Waals surface area (Å²) < 4.78 is 38.8. The van der Waals surface area contributed by atoms with E-state index in [-0.39, 0.29) is 12.1 Å². The summed E-state index contributed by atoms with van der Waals surface area (Å²) in [6.45, 7) is 0.844. The molecule has 0 unspecified atom stereocenters. The lowest BCUT2D eigenvalue weighted by molar-refractivity contribution is -0.137. The summed E-state index contributed by atoms with van der Waals surface area (Å²) in [6, 6.07) is 3.33. The number of nitrogens with zero attached hydrogens (tertiary/aromatic N) is 1. The average molecular weight is 339 g/mol. The SMILES string of the molecule is CN(C)CCNC(=O)c1cc(Br)ccc1C(F)(F)F. The largest absolute Gasteiger partial charge is 0.417 e. The van der Waals surface area contributed by atoms with Gasteiger partial charge in [-0.2, -0.15) is 13.2 Å². The van der Waals surface area contributed by atoms with Crippen molar-refractivity contribution in [2.75, 3.05) is 27.2 Å². The molecule has 0 aromatic heterocycles. The predicted octanol–water partition coefficient (Wildman–Crippen LogP) is 2.76. The number of likely N-dealkylation sites (N-methyl/N-ethyl adjacent to an activating group) is 1.